The van der Waals surface area contributed by atoms with Crippen LogP contribution in [0.15, 0.2) is 47.0 Å². The van der Waals surface area contributed by atoms with E-state index >= 15 is 0 Å². The molecule has 0 saturated carbocycles. The average molecular weight is 354 g/mol. The first-order valence-electron chi connectivity index (χ1n) is 7.75. The number of aryl methyl sites for hydroxylation is 3. The molecule has 0 aliphatic carbocycles. The smallest absolute Gasteiger partial charge is 0.276 e. The molecule has 132 valence electrons. The van der Waals surface area contributed by atoms with E-state index in [1.54, 1.807) is 0 Å². The van der Waals surface area contributed by atoms with Crippen molar-refractivity contribution in [3.8, 4) is 11.4 Å². The van der Waals surface area contributed by atoms with Crippen LogP contribution in [0.3, 0.4) is 0 Å². The van der Waals surface area contributed by atoms with Gasteiger partial charge in [-0.1, -0.05) is 35.0 Å². The molecule has 0 radical (unpaired) electrons. The van der Waals surface area contributed by atoms with E-state index in [4.69, 9.17) is 4.52 Å². The summed E-state index contributed by atoms with van der Waals surface area (Å²) in [5.74, 6) is 0.805. The average Bonchev–Trinajstić information content (AvgIpc) is 3.09. The summed E-state index contributed by atoms with van der Waals surface area (Å²) < 4.78 is 5.20. The molecule has 0 bridgehead atoms. The maximum absolute atomic E-state index is 10.9. The van der Waals surface area contributed by atoms with Crippen molar-refractivity contribution in [3.05, 3.63) is 79.7 Å². The second kappa shape index (κ2) is 7.09. The Bertz CT molecular complexity index is 933. The lowest BCUT2D eigenvalue weighted by molar-refractivity contribution is -0.394. The van der Waals surface area contributed by atoms with Gasteiger partial charge in [0.05, 0.1) is 15.9 Å². The zero-order chi connectivity index (χ0) is 18.7. The van der Waals surface area contributed by atoms with Gasteiger partial charge in [0.25, 0.3) is 11.4 Å². The number of nitrogens with zero attached hydrogens (tertiary/aromatic N) is 4. The molecule has 1 aromatic heterocycles. The molecule has 0 aliphatic rings. The number of non-ortho nitro benzene ring substituents is 2. The quantitative estimate of drug-likeness (QED) is 0.488. The first-order chi connectivity index (χ1) is 12.4. The Morgan fingerprint density at radius 3 is 2.15 bits per heavy atom. The van der Waals surface area contributed by atoms with Gasteiger partial charge >= 0.3 is 0 Å². The van der Waals surface area contributed by atoms with Gasteiger partial charge in [0.15, 0.2) is 0 Å². The molecular formula is C17H14N4O5. The van der Waals surface area contributed by atoms with Crippen LogP contribution in [0.25, 0.3) is 11.4 Å². The van der Waals surface area contributed by atoms with E-state index in [-0.39, 0.29) is 11.4 Å². The van der Waals surface area contributed by atoms with Crippen LogP contribution in [-0.2, 0) is 12.8 Å². The molecule has 0 aliphatic heterocycles. The number of nitro benzene ring substituents is 2. The largest absolute Gasteiger partial charge is 0.339 e. The van der Waals surface area contributed by atoms with Crippen molar-refractivity contribution in [2.45, 2.75) is 19.8 Å². The molecule has 0 N–H and O–H groups in total. The van der Waals surface area contributed by atoms with E-state index in [0.717, 1.165) is 17.2 Å². The summed E-state index contributed by atoms with van der Waals surface area (Å²) in [7, 11) is 0. The van der Waals surface area contributed by atoms with Crippen molar-refractivity contribution >= 4 is 11.4 Å². The standard InChI is InChI=1S/C17H14N4O5/c1-11-2-5-13(6-3-11)17-18-16(26-19-17)7-4-12-8-14(20(22)23)10-15(9-12)21(24)25/h2-3,5-6,8-10H,4,7H2,1H3. The Balaban J connectivity index is 1.76. The van der Waals surface area contributed by atoms with Gasteiger partial charge in [-0.25, -0.2) is 0 Å². The van der Waals surface area contributed by atoms with Crippen LogP contribution in [0.5, 0.6) is 0 Å². The van der Waals surface area contributed by atoms with Crippen LogP contribution < -0.4 is 0 Å². The van der Waals surface area contributed by atoms with E-state index in [9.17, 15) is 20.2 Å². The van der Waals surface area contributed by atoms with E-state index < -0.39 is 9.85 Å². The minimum Gasteiger partial charge on any atom is -0.339 e. The zero-order valence-corrected chi connectivity index (χ0v) is 13.8. The van der Waals surface area contributed by atoms with E-state index in [1.807, 2.05) is 31.2 Å². The molecule has 9 heteroatoms. The highest BCUT2D eigenvalue weighted by atomic mass is 16.6. The predicted molar refractivity (Wildman–Crippen MR) is 91.6 cm³/mol. The van der Waals surface area contributed by atoms with Crippen LogP contribution in [0.2, 0.25) is 0 Å². The van der Waals surface area contributed by atoms with Gasteiger partial charge in [0.1, 0.15) is 0 Å². The van der Waals surface area contributed by atoms with Gasteiger partial charge in [-0.05, 0) is 18.9 Å². The molecule has 1 heterocycles. The molecule has 26 heavy (non-hydrogen) atoms. The van der Waals surface area contributed by atoms with Crippen LogP contribution >= 0.6 is 0 Å². The minimum atomic E-state index is -0.654. The third-order valence-corrected chi connectivity index (χ3v) is 3.79. The number of aromatic nitrogens is 2. The Hall–Kier alpha value is -3.62. The molecule has 0 amide bonds. The molecule has 0 fully saturated rings. The number of hydrogen-bond acceptors (Lipinski definition) is 7. The van der Waals surface area contributed by atoms with Crippen LogP contribution in [0.4, 0.5) is 11.4 Å². The zero-order valence-electron chi connectivity index (χ0n) is 13.8. The molecule has 0 atom stereocenters. The fourth-order valence-corrected chi connectivity index (χ4v) is 2.44. The van der Waals surface area contributed by atoms with Gasteiger partial charge < -0.3 is 4.52 Å². The number of benzene rings is 2. The summed E-state index contributed by atoms with van der Waals surface area (Å²) in [4.78, 5) is 24.8. The molecule has 9 nitrogen and oxygen atoms in total. The van der Waals surface area contributed by atoms with Gasteiger partial charge in [-0.15, -0.1) is 0 Å². The fourth-order valence-electron chi connectivity index (χ4n) is 2.44. The van der Waals surface area contributed by atoms with Crippen molar-refractivity contribution in [2.24, 2.45) is 0 Å². The first-order valence-corrected chi connectivity index (χ1v) is 7.75. The molecule has 3 rings (SSSR count). The van der Waals surface area contributed by atoms with E-state index in [1.165, 1.54) is 12.1 Å². The molecule has 0 unspecified atom stereocenters. The Labute approximate surface area is 147 Å². The lowest BCUT2D eigenvalue weighted by atomic mass is 10.1. The highest BCUT2D eigenvalue weighted by molar-refractivity contribution is 5.54. The lowest BCUT2D eigenvalue weighted by Gasteiger charge is -2.00. The maximum Gasteiger partial charge on any atom is 0.276 e. The predicted octanol–water partition coefficient (Wildman–Crippen LogP) is 3.65. The summed E-state index contributed by atoms with van der Waals surface area (Å²) in [6.07, 6.45) is 0.620. The van der Waals surface area contributed by atoms with Crippen molar-refractivity contribution in [3.63, 3.8) is 0 Å². The maximum atomic E-state index is 10.9. The summed E-state index contributed by atoms with van der Waals surface area (Å²) >= 11 is 0. The van der Waals surface area contributed by atoms with Crippen molar-refractivity contribution < 1.29 is 14.4 Å². The van der Waals surface area contributed by atoms with Crippen LogP contribution in [0, 0.1) is 27.2 Å². The van der Waals surface area contributed by atoms with Gasteiger partial charge in [0.2, 0.25) is 11.7 Å². The third kappa shape index (κ3) is 3.89. The summed E-state index contributed by atoms with van der Waals surface area (Å²) in [5.41, 5.74) is 1.75. The third-order valence-electron chi connectivity index (χ3n) is 3.79. The highest BCUT2D eigenvalue weighted by Crippen LogP contribution is 2.24. The normalized spacial score (nSPS) is 10.7. The Morgan fingerprint density at radius 2 is 1.58 bits per heavy atom. The summed E-state index contributed by atoms with van der Waals surface area (Å²) in [6, 6.07) is 11.2. The van der Waals surface area contributed by atoms with Gasteiger partial charge in [0, 0.05) is 24.1 Å². The van der Waals surface area contributed by atoms with Crippen molar-refractivity contribution in [2.75, 3.05) is 0 Å². The molecule has 0 spiro atoms. The lowest BCUT2D eigenvalue weighted by Crippen LogP contribution is -1.97. The molecular weight excluding hydrogens is 340 g/mol. The summed E-state index contributed by atoms with van der Waals surface area (Å²) in [5, 5.41) is 25.8. The van der Waals surface area contributed by atoms with Crippen LogP contribution in [-0.4, -0.2) is 20.0 Å². The second-order valence-electron chi connectivity index (χ2n) is 5.75. The van der Waals surface area contributed by atoms with Crippen molar-refractivity contribution in [1.82, 2.24) is 10.1 Å². The van der Waals surface area contributed by atoms with Gasteiger partial charge in [-0.2, -0.15) is 4.98 Å². The summed E-state index contributed by atoms with van der Waals surface area (Å²) in [6.45, 7) is 1.98. The van der Waals surface area contributed by atoms with E-state index in [2.05, 4.69) is 10.1 Å². The molecule has 3 aromatic rings. The van der Waals surface area contributed by atoms with Gasteiger partial charge in [-0.3, -0.25) is 20.2 Å². The van der Waals surface area contributed by atoms with E-state index in [0.29, 0.717) is 30.1 Å². The molecule has 2 aromatic carbocycles. The second-order valence-corrected chi connectivity index (χ2v) is 5.75. The Morgan fingerprint density at radius 1 is 0.962 bits per heavy atom. The Kier molecular flexibility index (Phi) is 4.70. The number of nitro groups is 2. The minimum absolute atomic E-state index is 0.304. The first kappa shape index (κ1) is 17.2. The highest BCUT2D eigenvalue weighted by Gasteiger charge is 2.17. The fraction of sp³-hybridized carbons (Fsp3) is 0.176. The topological polar surface area (TPSA) is 125 Å². The van der Waals surface area contributed by atoms with Crippen molar-refractivity contribution in [1.29, 1.82) is 0 Å². The number of rotatable bonds is 6. The monoisotopic (exact) mass is 354 g/mol. The molecule has 0 saturated heterocycles. The number of hydrogen-bond donors (Lipinski definition) is 0. The SMILES string of the molecule is Cc1ccc(-c2noc(CCc3cc([N+](=O)[O-])cc([N+](=O)[O-])c3)n2)cc1. The van der Waals surface area contributed by atoms with Crippen LogP contribution in [0.1, 0.15) is 17.0 Å².